The molecule has 6 heteroatoms. The van der Waals surface area contributed by atoms with E-state index in [9.17, 15) is 10.2 Å². The monoisotopic (exact) mass is 196 g/mol. The standard InChI is InChI=1S/C6H12O5S/c7-1-2-3(8)4(9)5(11-2)6(10)12/h2-10,12H,1H2/t2-,3-,4+,5+,6?/m1/s1. The summed E-state index contributed by atoms with van der Waals surface area (Å²) in [6, 6.07) is 0. The second-order valence-electron chi connectivity index (χ2n) is 2.72. The number of hydrogen-bond donors (Lipinski definition) is 5. The summed E-state index contributed by atoms with van der Waals surface area (Å²) in [7, 11) is 0. The fourth-order valence-corrected chi connectivity index (χ4v) is 1.42. The van der Waals surface area contributed by atoms with Gasteiger partial charge in [-0.2, -0.15) is 0 Å². The molecule has 5 atom stereocenters. The van der Waals surface area contributed by atoms with Gasteiger partial charge in [-0.3, -0.25) is 0 Å². The Balaban J connectivity index is 2.60. The van der Waals surface area contributed by atoms with Gasteiger partial charge in [-0.05, 0) is 0 Å². The van der Waals surface area contributed by atoms with Crippen molar-refractivity contribution in [2.75, 3.05) is 6.61 Å². The average molecular weight is 196 g/mol. The molecule has 0 aliphatic carbocycles. The predicted molar refractivity (Wildman–Crippen MR) is 42.8 cm³/mol. The van der Waals surface area contributed by atoms with Crippen molar-refractivity contribution in [1.29, 1.82) is 0 Å². The van der Waals surface area contributed by atoms with Crippen molar-refractivity contribution in [3.8, 4) is 0 Å². The highest BCUT2D eigenvalue weighted by molar-refractivity contribution is 7.80. The minimum Gasteiger partial charge on any atom is -0.394 e. The van der Waals surface area contributed by atoms with Crippen molar-refractivity contribution < 1.29 is 25.2 Å². The van der Waals surface area contributed by atoms with Crippen LogP contribution in [0.1, 0.15) is 0 Å². The molecule has 1 fully saturated rings. The first kappa shape index (κ1) is 10.2. The van der Waals surface area contributed by atoms with Gasteiger partial charge in [-0.1, -0.05) is 0 Å². The largest absolute Gasteiger partial charge is 0.394 e. The Morgan fingerprint density at radius 2 is 1.92 bits per heavy atom. The third kappa shape index (κ3) is 1.73. The minimum atomic E-state index is -1.20. The van der Waals surface area contributed by atoms with E-state index in [1.807, 2.05) is 0 Å². The van der Waals surface area contributed by atoms with Gasteiger partial charge in [-0.15, -0.1) is 12.6 Å². The molecule has 0 aromatic heterocycles. The molecule has 1 aliphatic heterocycles. The third-order valence-corrected chi connectivity index (χ3v) is 2.17. The zero-order valence-corrected chi connectivity index (χ0v) is 7.13. The van der Waals surface area contributed by atoms with E-state index >= 15 is 0 Å². The molecule has 12 heavy (non-hydrogen) atoms. The van der Waals surface area contributed by atoms with Crippen molar-refractivity contribution in [3.05, 3.63) is 0 Å². The van der Waals surface area contributed by atoms with Crippen molar-refractivity contribution in [2.24, 2.45) is 0 Å². The summed E-state index contributed by atoms with van der Waals surface area (Å²) in [6.45, 7) is -0.394. The van der Waals surface area contributed by atoms with Crippen LogP contribution in [-0.2, 0) is 4.74 Å². The lowest BCUT2D eigenvalue weighted by molar-refractivity contribution is -0.0480. The zero-order chi connectivity index (χ0) is 9.30. The summed E-state index contributed by atoms with van der Waals surface area (Å²) in [5.41, 5.74) is -1.16. The van der Waals surface area contributed by atoms with Crippen LogP contribution in [0.15, 0.2) is 0 Å². The molecule has 1 rings (SSSR count). The van der Waals surface area contributed by atoms with Crippen LogP contribution in [0.5, 0.6) is 0 Å². The van der Waals surface area contributed by atoms with E-state index < -0.39 is 36.5 Å². The molecule has 5 nitrogen and oxygen atoms in total. The first-order valence-electron chi connectivity index (χ1n) is 3.56. The maximum Gasteiger partial charge on any atom is 0.125 e. The first-order chi connectivity index (χ1) is 5.57. The van der Waals surface area contributed by atoms with Gasteiger partial charge < -0.3 is 25.2 Å². The summed E-state index contributed by atoms with van der Waals surface area (Å²) in [5.74, 6) is 0. The van der Waals surface area contributed by atoms with Crippen LogP contribution >= 0.6 is 12.6 Å². The maximum absolute atomic E-state index is 9.23. The van der Waals surface area contributed by atoms with E-state index in [-0.39, 0.29) is 0 Å². The normalized spacial score (nSPS) is 44.8. The lowest BCUT2D eigenvalue weighted by atomic mass is 10.1. The molecule has 0 amide bonds. The molecule has 0 radical (unpaired) electrons. The summed E-state index contributed by atoms with van der Waals surface area (Å²) in [6.07, 6.45) is -4.15. The second kappa shape index (κ2) is 3.91. The van der Waals surface area contributed by atoms with Gasteiger partial charge in [0.2, 0.25) is 0 Å². The molecule has 0 saturated carbocycles. The quantitative estimate of drug-likeness (QED) is 0.253. The summed E-state index contributed by atoms with van der Waals surface area (Å²) < 4.78 is 4.92. The fourth-order valence-electron chi connectivity index (χ4n) is 1.17. The number of ether oxygens (including phenoxy) is 1. The number of thiol groups is 1. The lowest BCUT2D eigenvalue weighted by Crippen LogP contribution is -2.37. The average Bonchev–Trinajstić information content (AvgIpc) is 2.30. The molecule has 0 aromatic rings. The van der Waals surface area contributed by atoms with E-state index in [4.69, 9.17) is 14.9 Å². The zero-order valence-electron chi connectivity index (χ0n) is 6.24. The van der Waals surface area contributed by atoms with E-state index in [1.54, 1.807) is 0 Å². The maximum atomic E-state index is 9.23. The van der Waals surface area contributed by atoms with Gasteiger partial charge >= 0.3 is 0 Å². The Kier molecular flexibility index (Phi) is 3.33. The van der Waals surface area contributed by atoms with Gasteiger partial charge in [-0.25, -0.2) is 0 Å². The van der Waals surface area contributed by atoms with E-state index in [1.165, 1.54) is 0 Å². The Labute approximate surface area is 75.0 Å². The van der Waals surface area contributed by atoms with Crippen molar-refractivity contribution in [1.82, 2.24) is 0 Å². The van der Waals surface area contributed by atoms with Crippen molar-refractivity contribution in [3.63, 3.8) is 0 Å². The van der Waals surface area contributed by atoms with Crippen LogP contribution in [0.25, 0.3) is 0 Å². The van der Waals surface area contributed by atoms with Crippen molar-refractivity contribution >= 4 is 12.6 Å². The van der Waals surface area contributed by atoms with Crippen LogP contribution in [-0.4, -0.2) is 56.9 Å². The third-order valence-electron chi connectivity index (χ3n) is 1.87. The molecule has 0 bridgehead atoms. The molecule has 4 N–H and O–H groups in total. The lowest BCUT2D eigenvalue weighted by Gasteiger charge is -2.16. The van der Waals surface area contributed by atoms with Gasteiger partial charge in [0.1, 0.15) is 29.9 Å². The van der Waals surface area contributed by atoms with Crippen molar-refractivity contribution in [2.45, 2.75) is 29.9 Å². The van der Waals surface area contributed by atoms with Gasteiger partial charge in [0.25, 0.3) is 0 Å². The Hall–Kier alpha value is 0.150. The minimum absolute atomic E-state index is 0.394. The van der Waals surface area contributed by atoms with Gasteiger partial charge in [0.15, 0.2) is 0 Å². The topological polar surface area (TPSA) is 90.2 Å². The Morgan fingerprint density at radius 1 is 1.33 bits per heavy atom. The molecular weight excluding hydrogens is 184 g/mol. The number of rotatable bonds is 2. The van der Waals surface area contributed by atoms with Crippen LogP contribution in [0.4, 0.5) is 0 Å². The summed E-state index contributed by atoms with van der Waals surface area (Å²) >= 11 is 3.65. The highest BCUT2D eigenvalue weighted by atomic mass is 32.1. The van der Waals surface area contributed by atoms with Crippen LogP contribution in [0.2, 0.25) is 0 Å². The van der Waals surface area contributed by atoms with E-state index in [0.29, 0.717) is 0 Å². The van der Waals surface area contributed by atoms with Gasteiger partial charge in [0, 0.05) is 0 Å². The molecule has 1 heterocycles. The van der Waals surface area contributed by atoms with E-state index in [2.05, 4.69) is 12.6 Å². The Morgan fingerprint density at radius 3 is 2.17 bits per heavy atom. The van der Waals surface area contributed by atoms with Gasteiger partial charge in [0.05, 0.1) is 6.61 Å². The molecule has 1 unspecified atom stereocenters. The number of aliphatic hydroxyl groups is 4. The molecule has 0 spiro atoms. The summed E-state index contributed by atoms with van der Waals surface area (Å²) in [4.78, 5) is 0. The van der Waals surface area contributed by atoms with Crippen LogP contribution in [0, 0.1) is 0 Å². The smallest absolute Gasteiger partial charge is 0.125 e. The number of hydrogen-bond acceptors (Lipinski definition) is 6. The highest BCUT2D eigenvalue weighted by Crippen LogP contribution is 2.24. The predicted octanol–water partition coefficient (Wildman–Crippen LogP) is -2.28. The highest BCUT2D eigenvalue weighted by Gasteiger charge is 2.44. The first-order valence-corrected chi connectivity index (χ1v) is 4.08. The molecule has 1 aliphatic rings. The molecular formula is C6H12O5S. The molecule has 72 valence electrons. The fraction of sp³-hybridized carbons (Fsp3) is 1.00. The SMILES string of the molecule is OC[C@H]1O[C@H](C(O)S)[C@@H](O)[C@@H]1O. The van der Waals surface area contributed by atoms with Crippen LogP contribution in [0.3, 0.4) is 0 Å². The summed E-state index contributed by atoms with van der Waals surface area (Å²) in [5, 5.41) is 36.0. The molecule has 0 aromatic carbocycles. The number of aliphatic hydroxyl groups excluding tert-OH is 4. The second-order valence-corrected chi connectivity index (χ2v) is 3.25. The van der Waals surface area contributed by atoms with E-state index in [0.717, 1.165) is 0 Å². The molecule has 1 saturated heterocycles. The Bertz CT molecular complexity index is 153. The van der Waals surface area contributed by atoms with Crippen LogP contribution < -0.4 is 0 Å².